The highest BCUT2D eigenvalue weighted by molar-refractivity contribution is 5.77. The molecule has 0 saturated heterocycles. The Morgan fingerprint density at radius 3 is 2.74 bits per heavy atom. The number of para-hydroxylation sites is 1. The monoisotopic (exact) mass is 316 g/mol. The van der Waals surface area contributed by atoms with E-state index >= 15 is 0 Å². The van der Waals surface area contributed by atoms with Gasteiger partial charge in [0.1, 0.15) is 5.82 Å². The Labute approximate surface area is 136 Å². The molecule has 0 amide bonds. The molecule has 0 fully saturated rings. The van der Waals surface area contributed by atoms with Crippen LogP contribution in [0, 0.1) is 0 Å². The summed E-state index contributed by atoms with van der Waals surface area (Å²) in [6, 6.07) is 7.41. The van der Waals surface area contributed by atoms with Crippen LogP contribution in [0.5, 0.6) is 0 Å². The Morgan fingerprint density at radius 2 is 2.00 bits per heavy atom. The molecular weight excluding hydrogens is 292 g/mol. The van der Waals surface area contributed by atoms with Crippen molar-refractivity contribution in [2.24, 2.45) is 0 Å². The number of hydrogen-bond donors (Lipinski definition) is 0. The number of carbonyl (C=O) groups is 1. The van der Waals surface area contributed by atoms with Gasteiger partial charge in [0.2, 0.25) is 0 Å². The van der Waals surface area contributed by atoms with Crippen LogP contribution in [-0.4, -0.2) is 22.1 Å². The summed E-state index contributed by atoms with van der Waals surface area (Å²) < 4.78 is 6.88. The lowest BCUT2D eigenvalue weighted by molar-refractivity contribution is -0.143. The summed E-state index contributed by atoms with van der Waals surface area (Å²) in [6.45, 7) is 4.87. The van der Waals surface area contributed by atoms with Crippen LogP contribution in [-0.2, 0) is 22.5 Å². The fraction of sp³-hybridized carbons (Fsp3) is 0.500. The maximum atomic E-state index is 12.7. The van der Waals surface area contributed by atoms with Gasteiger partial charge in [-0.05, 0) is 31.4 Å². The minimum Gasteiger partial charge on any atom is -0.466 e. The van der Waals surface area contributed by atoms with Crippen LogP contribution < -0.4 is 5.56 Å². The van der Waals surface area contributed by atoms with Gasteiger partial charge in [0.05, 0.1) is 17.5 Å². The van der Waals surface area contributed by atoms with E-state index in [0.29, 0.717) is 31.4 Å². The first-order valence-electron chi connectivity index (χ1n) is 8.31. The summed E-state index contributed by atoms with van der Waals surface area (Å²) >= 11 is 0. The molecular formula is C18H24N2O3. The number of ether oxygens (including phenoxy) is 1. The molecule has 5 heteroatoms. The van der Waals surface area contributed by atoms with Gasteiger partial charge in [-0.3, -0.25) is 14.2 Å². The average Bonchev–Trinajstić information content (AvgIpc) is 2.54. The van der Waals surface area contributed by atoms with Gasteiger partial charge in [-0.1, -0.05) is 26.0 Å². The quantitative estimate of drug-likeness (QED) is 0.554. The maximum absolute atomic E-state index is 12.7. The van der Waals surface area contributed by atoms with Gasteiger partial charge in [0, 0.05) is 19.4 Å². The Kier molecular flexibility index (Phi) is 6.32. The molecule has 2 aromatic rings. The number of rotatable bonds is 8. The summed E-state index contributed by atoms with van der Waals surface area (Å²) in [5, 5.41) is 0.635. The zero-order valence-electron chi connectivity index (χ0n) is 13.9. The summed E-state index contributed by atoms with van der Waals surface area (Å²) in [4.78, 5) is 28.7. The van der Waals surface area contributed by atoms with Crippen molar-refractivity contribution in [2.75, 3.05) is 6.61 Å². The number of fused-ring (bicyclic) bond motifs is 1. The number of esters is 1. The first-order valence-corrected chi connectivity index (χ1v) is 8.31. The molecule has 0 aliphatic rings. The number of benzene rings is 1. The molecule has 5 nitrogen and oxygen atoms in total. The summed E-state index contributed by atoms with van der Waals surface area (Å²) in [6.07, 6.45) is 3.53. The van der Waals surface area contributed by atoms with E-state index in [-0.39, 0.29) is 11.5 Å². The number of nitrogens with zero attached hydrogens (tertiary/aromatic N) is 2. The molecule has 0 atom stereocenters. The lowest BCUT2D eigenvalue weighted by Gasteiger charge is -2.13. The second-order valence-electron chi connectivity index (χ2n) is 5.58. The predicted octanol–water partition coefficient (Wildman–Crippen LogP) is 3.08. The Morgan fingerprint density at radius 1 is 1.22 bits per heavy atom. The molecule has 0 N–H and O–H groups in total. The molecule has 0 aliphatic carbocycles. The van der Waals surface area contributed by atoms with Crippen LogP contribution in [0.4, 0.5) is 0 Å². The van der Waals surface area contributed by atoms with Crippen molar-refractivity contribution in [3.63, 3.8) is 0 Å². The van der Waals surface area contributed by atoms with Crippen LogP contribution in [0.1, 0.15) is 45.4 Å². The van der Waals surface area contributed by atoms with Crippen LogP contribution in [0.3, 0.4) is 0 Å². The second-order valence-corrected chi connectivity index (χ2v) is 5.58. The number of aryl methyl sites for hydroxylation is 1. The second kappa shape index (κ2) is 8.46. The predicted molar refractivity (Wildman–Crippen MR) is 90.5 cm³/mol. The Hall–Kier alpha value is -2.17. The third-order valence-corrected chi connectivity index (χ3v) is 3.66. The summed E-state index contributed by atoms with van der Waals surface area (Å²) in [5.41, 5.74) is 0.727. The topological polar surface area (TPSA) is 61.2 Å². The summed E-state index contributed by atoms with van der Waals surface area (Å²) in [7, 11) is 0. The van der Waals surface area contributed by atoms with Crippen LogP contribution in [0.2, 0.25) is 0 Å². The van der Waals surface area contributed by atoms with E-state index in [1.807, 2.05) is 25.1 Å². The van der Waals surface area contributed by atoms with Crippen molar-refractivity contribution in [1.82, 2.24) is 9.55 Å². The largest absolute Gasteiger partial charge is 0.466 e. The molecule has 0 bridgehead atoms. The van der Waals surface area contributed by atoms with Gasteiger partial charge in [-0.15, -0.1) is 0 Å². The molecule has 2 rings (SSSR count). The number of carbonyl (C=O) groups excluding carboxylic acids is 1. The Balaban J connectivity index is 2.14. The standard InChI is InChI=1S/C18H24N2O3/c1-3-8-16-19-15-11-6-5-10-14(15)18(22)20(16)12-7-13-23-17(21)9-4-2/h5-6,10-11H,3-4,7-9,12-13H2,1-2H3. The third-order valence-electron chi connectivity index (χ3n) is 3.66. The molecule has 1 aromatic heterocycles. The van der Waals surface area contributed by atoms with E-state index in [0.717, 1.165) is 30.6 Å². The molecule has 0 radical (unpaired) electrons. The zero-order chi connectivity index (χ0) is 16.7. The molecule has 0 spiro atoms. The van der Waals surface area contributed by atoms with Gasteiger partial charge < -0.3 is 4.74 Å². The van der Waals surface area contributed by atoms with Crippen molar-refractivity contribution in [3.8, 4) is 0 Å². The van der Waals surface area contributed by atoms with Crippen LogP contribution in [0.15, 0.2) is 29.1 Å². The zero-order valence-corrected chi connectivity index (χ0v) is 13.9. The van der Waals surface area contributed by atoms with E-state index in [9.17, 15) is 9.59 Å². The maximum Gasteiger partial charge on any atom is 0.305 e. The lowest BCUT2D eigenvalue weighted by atomic mass is 10.2. The van der Waals surface area contributed by atoms with E-state index in [2.05, 4.69) is 11.9 Å². The smallest absolute Gasteiger partial charge is 0.305 e. The van der Waals surface area contributed by atoms with Crippen LogP contribution in [0.25, 0.3) is 10.9 Å². The van der Waals surface area contributed by atoms with E-state index in [1.165, 1.54) is 0 Å². The fourth-order valence-electron chi connectivity index (χ4n) is 2.54. The molecule has 1 aromatic carbocycles. The lowest BCUT2D eigenvalue weighted by Crippen LogP contribution is -2.26. The highest BCUT2D eigenvalue weighted by Crippen LogP contribution is 2.10. The SMILES string of the molecule is CCCC(=O)OCCCn1c(CCC)nc2ccccc2c1=O. The van der Waals surface area contributed by atoms with E-state index in [4.69, 9.17) is 4.74 Å². The number of aromatic nitrogens is 2. The normalized spacial score (nSPS) is 10.9. The molecule has 1 heterocycles. The minimum absolute atomic E-state index is 0.0149. The van der Waals surface area contributed by atoms with Gasteiger partial charge in [-0.25, -0.2) is 4.98 Å². The average molecular weight is 316 g/mol. The molecule has 0 saturated carbocycles. The van der Waals surface area contributed by atoms with Crippen LogP contribution >= 0.6 is 0 Å². The van der Waals surface area contributed by atoms with Crippen molar-refractivity contribution in [2.45, 2.75) is 52.5 Å². The van der Waals surface area contributed by atoms with Gasteiger partial charge >= 0.3 is 5.97 Å². The van der Waals surface area contributed by atoms with Crippen molar-refractivity contribution in [3.05, 3.63) is 40.4 Å². The van der Waals surface area contributed by atoms with Gasteiger partial charge in [0.25, 0.3) is 5.56 Å². The molecule has 23 heavy (non-hydrogen) atoms. The molecule has 0 unspecified atom stereocenters. The first kappa shape index (κ1) is 17.2. The fourth-order valence-corrected chi connectivity index (χ4v) is 2.54. The van der Waals surface area contributed by atoms with Crippen molar-refractivity contribution in [1.29, 1.82) is 0 Å². The van der Waals surface area contributed by atoms with Crippen molar-refractivity contribution < 1.29 is 9.53 Å². The first-order chi connectivity index (χ1) is 11.2. The highest BCUT2D eigenvalue weighted by atomic mass is 16.5. The van der Waals surface area contributed by atoms with Gasteiger partial charge in [0.15, 0.2) is 0 Å². The van der Waals surface area contributed by atoms with Crippen molar-refractivity contribution >= 4 is 16.9 Å². The molecule has 0 aliphatic heterocycles. The Bertz CT molecular complexity index is 722. The van der Waals surface area contributed by atoms with Gasteiger partial charge in [-0.2, -0.15) is 0 Å². The number of hydrogen-bond acceptors (Lipinski definition) is 4. The highest BCUT2D eigenvalue weighted by Gasteiger charge is 2.10. The van der Waals surface area contributed by atoms with E-state index < -0.39 is 0 Å². The minimum atomic E-state index is -0.176. The third kappa shape index (κ3) is 4.41. The molecule has 124 valence electrons. The van der Waals surface area contributed by atoms with E-state index in [1.54, 1.807) is 10.6 Å². The summed E-state index contributed by atoms with van der Waals surface area (Å²) in [5.74, 6) is 0.626.